The van der Waals surface area contributed by atoms with Gasteiger partial charge in [0.2, 0.25) is 0 Å². The number of hydrogen-bond donors (Lipinski definition) is 0. The molecule has 4 rings (SSSR count). The van der Waals surface area contributed by atoms with E-state index in [1.165, 1.54) is 0 Å². The van der Waals surface area contributed by atoms with Crippen molar-refractivity contribution < 1.29 is 4.79 Å². The number of imidazole rings is 1. The molecule has 26 heavy (non-hydrogen) atoms. The largest absolute Gasteiger partial charge is 0.328 e. The molecule has 4 heterocycles. The van der Waals surface area contributed by atoms with Crippen LogP contribution < -0.4 is 0 Å². The van der Waals surface area contributed by atoms with E-state index in [1.54, 1.807) is 6.20 Å². The Morgan fingerprint density at radius 3 is 2.65 bits per heavy atom. The molecule has 0 bridgehead atoms. The summed E-state index contributed by atoms with van der Waals surface area (Å²) in [5.74, 6) is 3.13. The lowest BCUT2D eigenvalue weighted by Gasteiger charge is -2.34. The molecule has 0 radical (unpaired) electrons. The van der Waals surface area contributed by atoms with E-state index < -0.39 is 0 Å². The number of carbonyl (C=O) groups excluding carboxylic acids is 1. The highest BCUT2D eigenvalue weighted by Gasteiger charge is 2.31. The van der Waals surface area contributed by atoms with E-state index in [-0.39, 0.29) is 11.9 Å². The monoisotopic (exact) mass is 357 g/mol. The first-order chi connectivity index (χ1) is 12.6. The Labute approximate surface area is 153 Å². The van der Waals surface area contributed by atoms with Gasteiger partial charge < -0.3 is 18.9 Å². The highest BCUT2D eigenvalue weighted by Crippen LogP contribution is 2.27. The van der Waals surface area contributed by atoms with Gasteiger partial charge in [0.05, 0.1) is 6.54 Å². The van der Waals surface area contributed by atoms with Gasteiger partial charge in [-0.2, -0.15) is 0 Å². The van der Waals surface area contributed by atoms with E-state index in [4.69, 9.17) is 0 Å². The number of rotatable bonds is 3. The van der Waals surface area contributed by atoms with Crippen molar-refractivity contribution >= 4 is 6.03 Å². The first kappa shape index (κ1) is 17.1. The highest BCUT2D eigenvalue weighted by molar-refractivity contribution is 5.74. The number of piperidine rings is 1. The zero-order valence-electron chi connectivity index (χ0n) is 15.6. The topological polar surface area (TPSA) is 72.1 Å². The SMILES string of the molecule is Cc1nccn1Cc1nnc([C@@H]2CCCN(C(=O)N3CCCC3)C2)n1C. The van der Waals surface area contributed by atoms with Gasteiger partial charge in [-0.1, -0.05) is 0 Å². The number of likely N-dealkylation sites (tertiary alicyclic amines) is 2. The number of carbonyl (C=O) groups is 1. The van der Waals surface area contributed by atoms with Crippen molar-refractivity contribution in [2.45, 2.75) is 45.1 Å². The number of aromatic nitrogens is 5. The number of nitrogens with zero attached hydrogens (tertiary/aromatic N) is 7. The number of amides is 2. The van der Waals surface area contributed by atoms with Crippen LogP contribution in [0.2, 0.25) is 0 Å². The molecule has 8 nitrogen and oxygen atoms in total. The first-order valence-corrected chi connectivity index (χ1v) is 9.53. The second kappa shape index (κ2) is 7.09. The molecule has 0 aliphatic carbocycles. The molecule has 0 saturated carbocycles. The van der Waals surface area contributed by atoms with Gasteiger partial charge in [-0.25, -0.2) is 9.78 Å². The lowest BCUT2D eigenvalue weighted by atomic mass is 9.97. The summed E-state index contributed by atoms with van der Waals surface area (Å²) in [5.41, 5.74) is 0. The third-order valence-electron chi connectivity index (χ3n) is 5.67. The molecule has 0 spiro atoms. The Kier molecular flexibility index (Phi) is 4.65. The van der Waals surface area contributed by atoms with Crippen LogP contribution in [0.5, 0.6) is 0 Å². The molecule has 2 amide bonds. The molecule has 8 heteroatoms. The van der Waals surface area contributed by atoms with Crippen LogP contribution >= 0.6 is 0 Å². The minimum absolute atomic E-state index is 0.198. The fourth-order valence-electron chi connectivity index (χ4n) is 4.06. The van der Waals surface area contributed by atoms with Crippen LogP contribution in [0.25, 0.3) is 0 Å². The van der Waals surface area contributed by atoms with Crippen molar-refractivity contribution in [3.8, 4) is 0 Å². The van der Waals surface area contributed by atoms with Gasteiger partial charge in [0.15, 0.2) is 5.82 Å². The number of aryl methyl sites for hydroxylation is 1. The van der Waals surface area contributed by atoms with Gasteiger partial charge in [0.25, 0.3) is 0 Å². The summed E-state index contributed by atoms with van der Waals surface area (Å²) in [6.07, 6.45) is 8.09. The fourth-order valence-corrected chi connectivity index (χ4v) is 4.06. The molecule has 0 unspecified atom stereocenters. The molecule has 2 aliphatic rings. The van der Waals surface area contributed by atoms with Gasteiger partial charge in [0, 0.05) is 51.5 Å². The first-order valence-electron chi connectivity index (χ1n) is 9.53. The Bertz CT molecular complexity index is 774. The minimum Gasteiger partial charge on any atom is -0.328 e. The van der Waals surface area contributed by atoms with Crippen LogP contribution in [-0.4, -0.2) is 66.3 Å². The third kappa shape index (κ3) is 3.20. The van der Waals surface area contributed by atoms with Gasteiger partial charge in [-0.05, 0) is 32.6 Å². The molecule has 2 aromatic rings. The average molecular weight is 357 g/mol. The molecular weight excluding hydrogens is 330 g/mol. The van der Waals surface area contributed by atoms with Crippen LogP contribution in [0.1, 0.15) is 49.1 Å². The van der Waals surface area contributed by atoms with Crippen molar-refractivity contribution in [3.05, 3.63) is 29.9 Å². The van der Waals surface area contributed by atoms with E-state index >= 15 is 0 Å². The summed E-state index contributed by atoms with van der Waals surface area (Å²) < 4.78 is 4.16. The Hall–Kier alpha value is -2.38. The predicted octanol–water partition coefficient (Wildman–Crippen LogP) is 1.76. The lowest BCUT2D eigenvalue weighted by molar-refractivity contribution is 0.145. The summed E-state index contributed by atoms with van der Waals surface area (Å²) in [6.45, 7) is 6.05. The van der Waals surface area contributed by atoms with Gasteiger partial charge >= 0.3 is 6.03 Å². The third-order valence-corrected chi connectivity index (χ3v) is 5.67. The summed E-state index contributed by atoms with van der Waals surface area (Å²) in [4.78, 5) is 21.0. The average Bonchev–Trinajstić information content (AvgIpc) is 3.39. The van der Waals surface area contributed by atoms with Crippen LogP contribution in [0.15, 0.2) is 12.4 Å². The van der Waals surface area contributed by atoms with Crippen LogP contribution in [0.3, 0.4) is 0 Å². The van der Waals surface area contributed by atoms with E-state index in [9.17, 15) is 4.79 Å². The summed E-state index contributed by atoms with van der Waals surface area (Å²) in [7, 11) is 2.03. The molecule has 0 N–H and O–H groups in total. The normalized spacial score (nSPS) is 20.8. The number of hydrogen-bond acceptors (Lipinski definition) is 4. The molecular formula is C18H27N7O. The smallest absolute Gasteiger partial charge is 0.320 e. The lowest BCUT2D eigenvalue weighted by Crippen LogP contribution is -2.46. The Balaban J connectivity index is 1.47. The van der Waals surface area contributed by atoms with Crippen LogP contribution in [0, 0.1) is 6.92 Å². The molecule has 2 saturated heterocycles. The maximum atomic E-state index is 12.7. The quantitative estimate of drug-likeness (QED) is 0.839. The number of urea groups is 1. The molecule has 2 aliphatic heterocycles. The van der Waals surface area contributed by atoms with Crippen molar-refractivity contribution in [2.75, 3.05) is 26.2 Å². The van der Waals surface area contributed by atoms with Crippen molar-refractivity contribution in [1.29, 1.82) is 0 Å². The standard InChI is InChI=1S/C18H27N7O/c1-14-19-7-11-24(14)13-16-20-21-17(22(16)2)15-6-5-10-25(12-15)18(26)23-8-3-4-9-23/h7,11,15H,3-6,8-10,12-13H2,1-2H3/t15-/m1/s1. The van der Waals surface area contributed by atoms with E-state index in [0.717, 1.165) is 69.3 Å². The maximum Gasteiger partial charge on any atom is 0.320 e. The van der Waals surface area contributed by atoms with Crippen LogP contribution in [-0.2, 0) is 13.6 Å². The van der Waals surface area contributed by atoms with Gasteiger partial charge in [-0.15, -0.1) is 10.2 Å². The molecule has 0 aromatic carbocycles. The zero-order chi connectivity index (χ0) is 18.1. The van der Waals surface area contributed by atoms with Gasteiger partial charge in [0.1, 0.15) is 11.6 Å². The summed E-state index contributed by atoms with van der Waals surface area (Å²) >= 11 is 0. The van der Waals surface area contributed by atoms with E-state index in [2.05, 4.69) is 24.3 Å². The van der Waals surface area contributed by atoms with Crippen LogP contribution in [0.4, 0.5) is 4.79 Å². The maximum absolute atomic E-state index is 12.7. The van der Waals surface area contributed by atoms with Crippen molar-refractivity contribution in [2.24, 2.45) is 7.05 Å². The van der Waals surface area contributed by atoms with Crippen molar-refractivity contribution in [1.82, 2.24) is 34.1 Å². The fraction of sp³-hybridized carbons (Fsp3) is 0.667. The zero-order valence-corrected chi connectivity index (χ0v) is 15.6. The predicted molar refractivity (Wildman–Crippen MR) is 96.8 cm³/mol. The second-order valence-corrected chi connectivity index (χ2v) is 7.40. The van der Waals surface area contributed by atoms with Crippen molar-refractivity contribution in [3.63, 3.8) is 0 Å². The van der Waals surface area contributed by atoms with Gasteiger partial charge in [-0.3, -0.25) is 0 Å². The summed E-state index contributed by atoms with van der Waals surface area (Å²) in [5, 5.41) is 8.87. The molecule has 2 fully saturated rings. The van der Waals surface area contributed by atoms with E-state index in [1.807, 2.05) is 30.0 Å². The second-order valence-electron chi connectivity index (χ2n) is 7.40. The van der Waals surface area contributed by atoms with E-state index in [0.29, 0.717) is 6.54 Å². The minimum atomic E-state index is 0.198. The molecule has 2 aromatic heterocycles. The Morgan fingerprint density at radius 2 is 1.92 bits per heavy atom. The highest BCUT2D eigenvalue weighted by atomic mass is 16.2. The summed E-state index contributed by atoms with van der Waals surface area (Å²) in [6, 6.07) is 0.198. The molecule has 1 atom stereocenters. The Morgan fingerprint density at radius 1 is 1.15 bits per heavy atom. The molecule has 140 valence electrons.